The molecule has 0 aromatic heterocycles. The average molecular weight is 306 g/mol. The Morgan fingerprint density at radius 1 is 1.33 bits per heavy atom. The molecule has 1 N–H and O–H groups in total. The third-order valence-electron chi connectivity index (χ3n) is 4.05. The van der Waals surface area contributed by atoms with E-state index in [0.717, 1.165) is 31.8 Å². The quantitative estimate of drug-likeness (QED) is 0.924. The van der Waals surface area contributed by atoms with Crippen LogP contribution in [0.1, 0.15) is 24.4 Å². The van der Waals surface area contributed by atoms with Gasteiger partial charge >= 0.3 is 0 Å². The molecule has 2 aliphatic rings. The van der Waals surface area contributed by atoms with Gasteiger partial charge in [-0.2, -0.15) is 0 Å². The molecule has 0 spiro atoms. The fraction of sp³-hybridized carbons (Fsp3) is 0.562. The van der Waals surface area contributed by atoms with Crippen LogP contribution in [-0.4, -0.2) is 49.4 Å². The highest BCUT2D eigenvalue weighted by Crippen LogP contribution is 2.35. The number of morpholine rings is 1. The van der Waals surface area contributed by atoms with E-state index < -0.39 is 0 Å². The summed E-state index contributed by atoms with van der Waals surface area (Å²) in [4.78, 5) is 15.4. The molecule has 1 fully saturated rings. The molecule has 0 radical (unpaired) electrons. The van der Waals surface area contributed by atoms with Crippen LogP contribution in [0.3, 0.4) is 0 Å². The predicted octanol–water partition coefficient (Wildman–Crippen LogP) is 2.06. The van der Waals surface area contributed by atoms with Gasteiger partial charge in [0.2, 0.25) is 5.91 Å². The van der Waals surface area contributed by atoms with Crippen molar-refractivity contribution in [2.45, 2.75) is 23.8 Å². The maximum Gasteiger partial charge on any atom is 0.224 e. The van der Waals surface area contributed by atoms with Gasteiger partial charge < -0.3 is 15.0 Å². The van der Waals surface area contributed by atoms with Gasteiger partial charge in [0.25, 0.3) is 0 Å². The summed E-state index contributed by atoms with van der Waals surface area (Å²) in [7, 11) is 0. The van der Waals surface area contributed by atoms with Gasteiger partial charge in [-0.15, -0.1) is 11.8 Å². The van der Waals surface area contributed by atoms with Crippen molar-refractivity contribution in [1.82, 2.24) is 10.2 Å². The molecule has 0 bridgehead atoms. The molecular weight excluding hydrogens is 284 g/mol. The Balaban J connectivity index is 1.48. The van der Waals surface area contributed by atoms with Gasteiger partial charge in [-0.3, -0.25) is 4.79 Å². The van der Waals surface area contributed by atoms with Crippen molar-refractivity contribution in [3.8, 4) is 0 Å². The zero-order chi connectivity index (χ0) is 14.5. The monoisotopic (exact) mass is 306 g/mol. The number of carbonyl (C=O) groups is 1. The molecule has 114 valence electrons. The van der Waals surface area contributed by atoms with Crippen molar-refractivity contribution >= 4 is 17.7 Å². The molecule has 1 atom stereocenters. The Morgan fingerprint density at radius 3 is 3.00 bits per heavy atom. The van der Waals surface area contributed by atoms with Gasteiger partial charge in [0.15, 0.2) is 0 Å². The highest BCUT2D eigenvalue weighted by Gasteiger charge is 2.21. The standard InChI is InChI=1S/C16H22N2O2S/c19-16(18-8-10-20-11-9-18)5-7-17-14-6-12-21-15-4-2-1-3-13(14)15/h1-4,14,17H,5-12H2. The Hall–Kier alpha value is -1.04. The van der Waals surface area contributed by atoms with E-state index in [1.54, 1.807) is 0 Å². The van der Waals surface area contributed by atoms with Crippen LogP contribution in [0, 0.1) is 0 Å². The lowest BCUT2D eigenvalue weighted by Crippen LogP contribution is -2.41. The second-order valence-corrected chi connectivity index (χ2v) is 6.56. The summed E-state index contributed by atoms with van der Waals surface area (Å²) in [5.74, 6) is 1.38. The van der Waals surface area contributed by atoms with E-state index >= 15 is 0 Å². The van der Waals surface area contributed by atoms with Crippen molar-refractivity contribution in [3.63, 3.8) is 0 Å². The van der Waals surface area contributed by atoms with E-state index in [1.807, 2.05) is 16.7 Å². The van der Waals surface area contributed by atoms with Crippen molar-refractivity contribution < 1.29 is 9.53 Å². The van der Waals surface area contributed by atoms with Crippen LogP contribution in [-0.2, 0) is 9.53 Å². The van der Waals surface area contributed by atoms with Crippen LogP contribution in [0.15, 0.2) is 29.2 Å². The fourth-order valence-electron chi connectivity index (χ4n) is 2.88. The van der Waals surface area contributed by atoms with Gasteiger partial charge in [-0.25, -0.2) is 0 Å². The van der Waals surface area contributed by atoms with Crippen LogP contribution in [0.4, 0.5) is 0 Å². The topological polar surface area (TPSA) is 41.6 Å². The van der Waals surface area contributed by atoms with Crippen molar-refractivity contribution in [3.05, 3.63) is 29.8 Å². The largest absolute Gasteiger partial charge is 0.378 e. The highest BCUT2D eigenvalue weighted by atomic mass is 32.2. The predicted molar refractivity (Wildman–Crippen MR) is 84.5 cm³/mol. The molecule has 2 aliphatic heterocycles. The molecule has 21 heavy (non-hydrogen) atoms. The molecule has 1 amide bonds. The molecule has 0 saturated carbocycles. The molecule has 1 saturated heterocycles. The fourth-order valence-corrected chi connectivity index (χ4v) is 4.00. The first-order chi connectivity index (χ1) is 10.3. The third kappa shape index (κ3) is 3.78. The SMILES string of the molecule is O=C(CCNC1CCSc2ccccc21)N1CCOCC1. The number of carbonyl (C=O) groups excluding carboxylic acids is 1. The summed E-state index contributed by atoms with van der Waals surface area (Å²) in [6.45, 7) is 3.57. The first kappa shape index (κ1) is 14.9. The molecule has 1 aromatic carbocycles. The summed E-state index contributed by atoms with van der Waals surface area (Å²) in [6, 6.07) is 8.96. The van der Waals surface area contributed by atoms with E-state index in [2.05, 4.69) is 29.6 Å². The number of benzene rings is 1. The number of amides is 1. The van der Waals surface area contributed by atoms with Gasteiger partial charge in [-0.1, -0.05) is 18.2 Å². The number of thioether (sulfide) groups is 1. The van der Waals surface area contributed by atoms with Gasteiger partial charge in [0.05, 0.1) is 13.2 Å². The van der Waals surface area contributed by atoms with Gasteiger partial charge in [0.1, 0.15) is 0 Å². The van der Waals surface area contributed by atoms with E-state index in [4.69, 9.17) is 4.74 Å². The van der Waals surface area contributed by atoms with Crippen LogP contribution in [0.25, 0.3) is 0 Å². The zero-order valence-corrected chi connectivity index (χ0v) is 13.0. The normalized spacial score (nSPS) is 21.9. The number of fused-ring (bicyclic) bond motifs is 1. The Labute approximate surface area is 130 Å². The minimum Gasteiger partial charge on any atom is -0.378 e. The van der Waals surface area contributed by atoms with Crippen molar-refractivity contribution in [2.24, 2.45) is 0 Å². The second kappa shape index (κ2) is 7.29. The van der Waals surface area contributed by atoms with Crippen molar-refractivity contribution in [2.75, 3.05) is 38.6 Å². The summed E-state index contributed by atoms with van der Waals surface area (Å²) in [5, 5.41) is 3.56. The lowest BCUT2D eigenvalue weighted by Gasteiger charge is -2.28. The third-order valence-corrected chi connectivity index (χ3v) is 5.17. The Morgan fingerprint density at radius 2 is 2.14 bits per heavy atom. The number of nitrogens with zero attached hydrogens (tertiary/aromatic N) is 1. The smallest absolute Gasteiger partial charge is 0.224 e. The molecule has 0 aliphatic carbocycles. The minimum absolute atomic E-state index is 0.240. The van der Waals surface area contributed by atoms with Gasteiger partial charge in [-0.05, 0) is 23.8 Å². The van der Waals surface area contributed by atoms with Gasteiger partial charge in [0, 0.05) is 37.0 Å². The molecule has 5 heteroatoms. The number of ether oxygens (including phenoxy) is 1. The lowest BCUT2D eigenvalue weighted by atomic mass is 10.0. The van der Waals surface area contributed by atoms with Crippen LogP contribution in [0.5, 0.6) is 0 Å². The average Bonchev–Trinajstić information content (AvgIpc) is 2.56. The lowest BCUT2D eigenvalue weighted by molar-refractivity contribution is -0.135. The molecule has 1 unspecified atom stereocenters. The first-order valence-electron chi connectivity index (χ1n) is 7.65. The van der Waals surface area contributed by atoms with Crippen LogP contribution >= 0.6 is 11.8 Å². The van der Waals surface area contributed by atoms with Crippen LogP contribution in [0.2, 0.25) is 0 Å². The van der Waals surface area contributed by atoms with E-state index in [9.17, 15) is 4.79 Å². The Kier molecular flexibility index (Phi) is 5.17. The first-order valence-corrected chi connectivity index (χ1v) is 8.64. The minimum atomic E-state index is 0.240. The second-order valence-electron chi connectivity index (χ2n) is 5.42. The number of hydrogen-bond acceptors (Lipinski definition) is 4. The zero-order valence-electron chi connectivity index (χ0n) is 12.2. The van der Waals surface area contributed by atoms with Crippen molar-refractivity contribution in [1.29, 1.82) is 0 Å². The molecule has 2 heterocycles. The number of hydrogen-bond donors (Lipinski definition) is 1. The van der Waals surface area contributed by atoms with E-state index in [1.165, 1.54) is 10.5 Å². The molecule has 4 nitrogen and oxygen atoms in total. The maximum atomic E-state index is 12.1. The summed E-state index contributed by atoms with van der Waals surface area (Å²) < 4.78 is 5.28. The number of rotatable bonds is 4. The summed E-state index contributed by atoms with van der Waals surface area (Å²) in [6.07, 6.45) is 1.71. The maximum absolute atomic E-state index is 12.1. The molecular formula is C16H22N2O2S. The number of nitrogens with one attached hydrogen (secondary N) is 1. The van der Waals surface area contributed by atoms with E-state index in [0.29, 0.717) is 25.7 Å². The van der Waals surface area contributed by atoms with Crippen LogP contribution < -0.4 is 5.32 Å². The highest BCUT2D eigenvalue weighted by molar-refractivity contribution is 7.99. The summed E-state index contributed by atoms with van der Waals surface area (Å²) in [5.41, 5.74) is 1.38. The summed E-state index contributed by atoms with van der Waals surface area (Å²) >= 11 is 1.93. The Bertz CT molecular complexity index is 489. The molecule has 3 rings (SSSR count). The molecule has 1 aromatic rings. The van der Waals surface area contributed by atoms with E-state index in [-0.39, 0.29) is 5.91 Å².